The summed E-state index contributed by atoms with van der Waals surface area (Å²) in [6, 6.07) is 8.38. The van der Waals surface area contributed by atoms with Gasteiger partial charge in [-0.1, -0.05) is 12.1 Å². The van der Waals surface area contributed by atoms with E-state index < -0.39 is 0 Å². The Morgan fingerprint density at radius 2 is 1.90 bits per heavy atom. The summed E-state index contributed by atoms with van der Waals surface area (Å²) in [5.74, 6) is 0.0574. The van der Waals surface area contributed by atoms with Gasteiger partial charge in [0.15, 0.2) is 0 Å². The number of carbonyl (C=O) groups excluding carboxylic acids is 1. The fourth-order valence-electron chi connectivity index (χ4n) is 2.44. The Balaban J connectivity index is 1.53. The molecule has 0 bridgehead atoms. The molecule has 2 aromatic rings. The number of rotatable bonds is 3. The summed E-state index contributed by atoms with van der Waals surface area (Å²) in [6.07, 6.45) is 4.72. The van der Waals surface area contributed by atoms with Gasteiger partial charge in [-0.3, -0.25) is 4.79 Å². The molecular formula is C15H14FN3O. The molecule has 1 aliphatic rings. The molecule has 0 radical (unpaired) electrons. The maximum atomic E-state index is 12.8. The molecule has 0 aliphatic heterocycles. The van der Waals surface area contributed by atoms with E-state index in [1.165, 1.54) is 24.5 Å². The summed E-state index contributed by atoms with van der Waals surface area (Å²) >= 11 is 0. The summed E-state index contributed by atoms with van der Waals surface area (Å²) in [4.78, 5) is 11.9. The van der Waals surface area contributed by atoms with E-state index in [0.717, 1.165) is 18.4 Å². The number of hydrogen-bond donors (Lipinski definition) is 1. The third-order valence-corrected chi connectivity index (χ3v) is 3.66. The van der Waals surface area contributed by atoms with Crippen LogP contribution in [0.2, 0.25) is 0 Å². The van der Waals surface area contributed by atoms with Gasteiger partial charge in [0.25, 0.3) is 5.91 Å². The van der Waals surface area contributed by atoms with Gasteiger partial charge in [0.05, 0.1) is 18.0 Å². The molecule has 1 fully saturated rings. The Kier molecular flexibility index (Phi) is 3.41. The van der Waals surface area contributed by atoms with Crippen molar-refractivity contribution in [3.63, 3.8) is 0 Å². The first-order chi connectivity index (χ1) is 9.72. The highest BCUT2D eigenvalue weighted by atomic mass is 19.1. The van der Waals surface area contributed by atoms with Crippen molar-refractivity contribution in [3.8, 4) is 0 Å². The maximum Gasteiger partial charge on any atom is 0.253 e. The molecule has 0 unspecified atom stereocenters. The number of aromatic nitrogens is 2. The highest BCUT2D eigenvalue weighted by Crippen LogP contribution is 2.36. The van der Waals surface area contributed by atoms with Gasteiger partial charge in [-0.2, -0.15) is 10.2 Å². The van der Waals surface area contributed by atoms with Crippen molar-refractivity contribution in [2.24, 2.45) is 0 Å². The van der Waals surface area contributed by atoms with Gasteiger partial charge in [-0.15, -0.1) is 0 Å². The van der Waals surface area contributed by atoms with Crippen LogP contribution in [-0.4, -0.2) is 22.1 Å². The van der Waals surface area contributed by atoms with Crippen LogP contribution in [-0.2, 0) is 0 Å². The number of halogens is 1. The molecule has 20 heavy (non-hydrogen) atoms. The van der Waals surface area contributed by atoms with E-state index in [1.807, 2.05) is 12.1 Å². The largest absolute Gasteiger partial charge is 0.349 e. The predicted octanol–water partition coefficient (Wildman–Crippen LogP) is 2.29. The van der Waals surface area contributed by atoms with Crippen LogP contribution in [0.3, 0.4) is 0 Å². The van der Waals surface area contributed by atoms with Crippen LogP contribution < -0.4 is 5.32 Å². The third kappa shape index (κ3) is 2.66. The van der Waals surface area contributed by atoms with Crippen LogP contribution in [0.4, 0.5) is 4.39 Å². The molecule has 1 aromatic heterocycles. The van der Waals surface area contributed by atoms with Gasteiger partial charge >= 0.3 is 0 Å². The molecular weight excluding hydrogens is 257 g/mol. The summed E-state index contributed by atoms with van der Waals surface area (Å²) in [6.45, 7) is 0. The van der Waals surface area contributed by atoms with E-state index >= 15 is 0 Å². The topological polar surface area (TPSA) is 54.9 Å². The Morgan fingerprint density at radius 3 is 2.55 bits per heavy atom. The maximum absolute atomic E-state index is 12.8. The summed E-state index contributed by atoms with van der Waals surface area (Å²) < 4.78 is 12.8. The lowest BCUT2D eigenvalue weighted by Crippen LogP contribution is -2.43. The van der Waals surface area contributed by atoms with Crippen LogP contribution in [0.1, 0.15) is 34.7 Å². The van der Waals surface area contributed by atoms with Gasteiger partial charge in [0.2, 0.25) is 0 Å². The van der Waals surface area contributed by atoms with E-state index in [0.29, 0.717) is 11.5 Å². The zero-order chi connectivity index (χ0) is 13.9. The highest BCUT2D eigenvalue weighted by Gasteiger charge is 2.31. The fraction of sp³-hybridized carbons (Fsp3) is 0.267. The Hall–Kier alpha value is -2.30. The van der Waals surface area contributed by atoms with Crippen LogP contribution >= 0.6 is 0 Å². The molecule has 3 rings (SSSR count). The van der Waals surface area contributed by atoms with Gasteiger partial charge in [0, 0.05) is 6.04 Å². The lowest BCUT2D eigenvalue weighted by molar-refractivity contribution is 0.0908. The molecule has 0 spiro atoms. The molecule has 4 nitrogen and oxygen atoms in total. The molecule has 5 heteroatoms. The van der Waals surface area contributed by atoms with E-state index in [1.54, 1.807) is 6.07 Å². The minimum Gasteiger partial charge on any atom is -0.349 e. The summed E-state index contributed by atoms with van der Waals surface area (Å²) in [5, 5.41) is 10.3. The first kappa shape index (κ1) is 12.7. The third-order valence-electron chi connectivity index (χ3n) is 3.66. The first-order valence-electron chi connectivity index (χ1n) is 6.55. The molecule has 102 valence electrons. The number of carbonyl (C=O) groups is 1. The number of hydrogen-bond acceptors (Lipinski definition) is 3. The average Bonchev–Trinajstić information content (AvgIpc) is 2.44. The van der Waals surface area contributed by atoms with Crippen molar-refractivity contribution in [2.45, 2.75) is 24.8 Å². The van der Waals surface area contributed by atoms with E-state index in [4.69, 9.17) is 0 Å². The van der Waals surface area contributed by atoms with E-state index in [2.05, 4.69) is 15.5 Å². The van der Waals surface area contributed by atoms with Crippen molar-refractivity contribution in [1.82, 2.24) is 15.5 Å². The molecule has 0 saturated heterocycles. The summed E-state index contributed by atoms with van der Waals surface area (Å²) in [5.41, 5.74) is 1.65. The minimum atomic E-state index is -0.219. The molecule has 1 aromatic carbocycles. The zero-order valence-electron chi connectivity index (χ0n) is 10.8. The monoisotopic (exact) mass is 271 g/mol. The predicted molar refractivity (Wildman–Crippen MR) is 71.7 cm³/mol. The van der Waals surface area contributed by atoms with Crippen molar-refractivity contribution in [3.05, 3.63) is 59.7 Å². The number of nitrogens with one attached hydrogen (secondary N) is 1. The van der Waals surface area contributed by atoms with E-state index in [9.17, 15) is 9.18 Å². The fourth-order valence-corrected chi connectivity index (χ4v) is 2.44. The average molecular weight is 271 g/mol. The number of benzene rings is 1. The molecule has 1 saturated carbocycles. The molecule has 1 aliphatic carbocycles. The number of amides is 1. The van der Waals surface area contributed by atoms with Crippen LogP contribution in [0.25, 0.3) is 0 Å². The minimum absolute atomic E-state index is 0.123. The van der Waals surface area contributed by atoms with Crippen LogP contribution in [0, 0.1) is 5.82 Å². The van der Waals surface area contributed by atoms with Crippen LogP contribution in [0.15, 0.2) is 42.7 Å². The van der Waals surface area contributed by atoms with Crippen molar-refractivity contribution in [1.29, 1.82) is 0 Å². The second kappa shape index (κ2) is 5.36. The second-order valence-electron chi connectivity index (χ2n) is 5.02. The van der Waals surface area contributed by atoms with Gasteiger partial charge in [-0.25, -0.2) is 4.39 Å². The quantitative estimate of drug-likeness (QED) is 0.931. The van der Waals surface area contributed by atoms with Crippen molar-refractivity contribution in [2.75, 3.05) is 0 Å². The molecule has 1 N–H and O–H groups in total. The SMILES string of the molecule is O=C(NC1CC(c2ccc(F)cc2)C1)c1ccnnc1. The second-order valence-corrected chi connectivity index (χ2v) is 5.02. The Morgan fingerprint density at radius 1 is 1.15 bits per heavy atom. The van der Waals surface area contributed by atoms with E-state index in [-0.39, 0.29) is 17.8 Å². The van der Waals surface area contributed by atoms with Gasteiger partial charge in [-0.05, 0) is 42.5 Å². The number of nitrogens with zero attached hydrogens (tertiary/aromatic N) is 2. The lowest BCUT2D eigenvalue weighted by Gasteiger charge is -2.36. The Bertz CT molecular complexity index is 594. The smallest absolute Gasteiger partial charge is 0.253 e. The standard InChI is InChI=1S/C15H14FN3O/c16-13-3-1-10(2-4-13)12-7-14(8-12)19-15(20)11-5-6-17-18-9-11/h1-6,9,12,14H,7-8H2,(H,19,20). The highest BCUT2D eigenvalue weighted by molar-refractivity contribution is 5.94. The molecule has 1 heterocycles. The van der Waals surface area contributed by atoms with Gasteiger partial charge in [0.1, 0.15) is 5.82 Å². The molecule has 1 amide bonds. The molecule has 0 atom stereocenters. The lowest BCUT2D eigenvalue weighted by atomic mass is 9.76. The van der Waals surface area contributed by atoms with Crippen molar-refractivity contribution >= 4 is 5.91 Å². The first-order valence-corrected chi connectivity index (χ1v) is 6.55. The normalized spacial score (nSPS) is 21.1. The van der Waals surface area contributed by atoms with Crippen molar-refractivity contribution < 1.29 is 9.18 Å². The Labute approximate surface area is 116 Å². The van der Waals surface area contributed by atoms with Crippen LogP contribution in [0.5, 0.6) is 0 Å². The zero-order valence-corrected chi connectivity index (χ0v) is 10.8. The summed E-state index contributed by atoms with van der Waals surface area (Å²) in [7, 11) is 0. The van der Waals surface area contributed by atoms with Gasteiger partial charge < -0.3 is 5.32 Å².